The fourth-order valence-electron chi connectivity index (χ4n) is 2.50. The molecule has 0 atom stereocenters. The van der Waals surface area contributed by atoms with E-state index in [1.165, 1.54) is 0 Å². The first-order chi connectivity index (χ1) is 16.6. The molecule has 0 aromatic heterocycles. The predicted octanol–water partition coefficient (Wildman–Crippen LogP) is 7.50. The second kappa shape index (κ2) is 14.1. The third kappa shape index (κ3) is 9.51. The lowest BCUT2D eigenvalue weighted by Crippen LogP contribution is -2.27. The minimum Gasteiger partial charge on any atom is -0.493 e. The van der Waals surface area contributed by atoms with E-state index in [9.17, 15) is 9.59 Å². The van der Waals surface area contributed by atoms with Gasteiger partial charge in [0.05, 0.1) is 17.7 Å². The van der Waals surface area contributed by atoms with Crippen molar-refractivity contribution >= 4 is 48.3 Å². The molecule has 0 saturated carbocycles. The molecule has 0 fully saturated rings. The first kappa shape index (κ1) is 28.6. The highest BCUT2D eigenvalue weighted by Crippen LogP contribution is 2.30. The van der Waals surface area contributed by atoms with Crippen LogP contribution < -0.4 is 4.74 Å². The predicted molar refractivity (Wildman–Crippen MR) is 146 cm³/mol. The zero-order valence-corrected chi connectivity index (χ0v) is 23.8. The number of carbonyl (C=O) groups is 2. The van der Waals surface area contributed by atoms with E-state index in [0.29, 0.717) is 16.2 Å². The molecule has 0 heterocycles. The first-order valence-corrected chi connectivity index (χ1v) is 15.5. The molecule has 0 amide bonds. The van der Waals surface area contributed by atoms with Crippen LogP contribution in [0.1, 0.15) is 40.1 Å². The third-order valence-corrected chi connectivity index (χ3v) is 9.81. The Balaban J connectivity index is 0.000000247. The van der Waals surface area contributed by atoms with Gasteiger partial charge >= 0.3 is 11.9 Å². The van der Waals surface area contributed by atoms with Crippen molar-refractivity contribution in [2.24, 2.45) is 0 Å². The van der Waals surface area contributed by atoms with E-state index in [1.54, 1.807) is 60.7 Å². The van der Waals surface area contributed by atoms with E-state index in [0.717, 1.165) is 28.3 Å². The average molecular weight is 578 g/mol. The van der Waals surface area contributed by atoms with Gasteiger partial charge in [-0.15, -0.1) is 0 Å². The summed E-state index contributed by atoms with van der Waals surface area (Å²) in [4.78, 5) is 31.9. The molecule has 0 aliphatic carbocycles. The second-order valence-electron chi connectivity index (χ2n) is 8.79. The van der Waals surface area contributed by atoms with Crippen LogP contribution in [0, 0.1) is 0 Å². The number of benzene rings is 3. The molecule has 0 bridgehead atoms. The Morgan fingerprint density at radius 1 is 0.857 bits per heavy atom. The molecule has 0 radical (unpaired) electrons. The average Bonchev–Trinajstić information content (AvgIpc) is 2.88. The number of alkyl halides is 1. The van der Waals surface area contributed by atoms with Crippen LogP contribution in [0.2, 0.25) is 23.2 Å². The molecule has 3 aromatic carbocycles. The molecule has 35 heavy (non-hydrogen) atoms. The first-order valence-electron chi connectivity index (χ1n) is 11.1. The topological polar surface area (TPSA) is 61.8 Å². The molecule has 0 unspecified atom stereocenters. The Morgan fingerprint density at radius 3 is 1.77 bits per heavy atom. The lowest BCUT2D eigenvalue weighted by molar-refractivity contribution is -0.187. The summed E-state index contributed by atoms with van der Waals surface area (Å²) >= 11 is 9.48. The zero-order valence-electron chi connectivity index (χ0n) is 20.3. The summed E-state index contributed by atoms with van der Waals surface area (Å²) in [6.07, 6.45) is 0. The van der Waals surface area contributed by atoms with E-state index in [2.05, 4.69) is 52.6 Å². The normalized spacial score (nSPS) is 10.7. The van der Waals surface area contributed by atoms with Gasteiger partial charge in [-0.2, -0.15) is 0 Å². The van der Waals surface area contributed by atoms with Gasteiger partial charge in [0.15, 0.2) is 0 Å². The molecule has 8 heteroatoms. The minimum absolute atomic E-state index is 0.314. The van der Waals surface area contributed by atoms with Crippen molar-refractivity contribution in [2.75, 3.05) is 6.61 Å². The number of carbonyl (C=O) groups excluding carboxylic acids is 2. The maximum atomic E-state index is 11.5. The summed E-state index contributed by atoms with van der Waals surface area (Å²) in [5.74, 6) is -0.508. The van der Waals surface area contributed by atoms with E-state index in [4.69, 9.17) is 16.3 Å². The summed E-state index contributed by atoms with van der Waals surface area (Å²) < 4.78 is 5.88. The van der Waals surface area contributed by atoms with E-state index in [1.807, 2.05) is 18.2 Å². The molecule has 0 saturated heterocycles. The molecule has 0 aliphatic rings. The Kier molecular flexibility index (Phi) is 11.5. The minimum atomic E-state index is -0.711. The summed E-state index contributed by atoms with van der Waals surface area (Å²) in [5, 5.41) is 1.85. The van der Waals surface area contributed by atoms with Crippen LogP contribution in [0.4, 0.5) is 0 Å². The third-order valence-electron chi connectivity index (χ3n) is 5.55. The number of hydrogen-bond donors (Lipinski definition) is 0. The molecule has 0 spiro atoms. The molecular weight excluding hydrogens is 548 g/mol. The van der Waals surface area contributed by atoms with Crippen molar-refractivity contribution in [3.05, 3.63) is 101 Å². The van der Waals surface area contributed by atoms with Gasteiger partial charge in [-0.25, -0.2) is 19.4 Å². The molecule has 0 aliphatic heterocycles. The largest absolute Gasteiger partial charge is 0.493 e. The quantitative estimate of drug-likeness (QED) is 0.126. The Morgan fingerprint density at radius 2 is 1.34 bits per heavy atom. The maximum absolute atomic E-state index is 11.5. The van der Waals surface area contributed by atoms with Gasteiger partial charge in [-0.3, -0.25) is 0 Å². The maximum Gasteiger partial charge on any atom is 0.386 e. The van der Waals surface area contributed by atoms with Crippen LogP contribution in [0.25, 0.3) is 0 Å². The van der Waals surface area contributed by atoms with E-state index in [-0.39, 0.29) is 0 Å². The van der Waals surface area contributed by atoms with Gasteiger partial charge < -0.3 is 4.74 Å². The van der Waals surface area contributed by atoms with Gasteiger partial charge in [0.25, 0.3) is 0 Å². The van der Waals surface area contributed by atoms with Crippen molar-refractivity contribution in [2.45, 2.75) is 37.3 Å². The molecule has 3 rings (SSSR count). The number of rotatable bonds is 7. The van der Waals surface area contributed by atoms with Crippen molar-refractivity contribution < 1.29 is 24.1 Å². The highest BCUT2D eigenvalue weighted by molar-refractivity contribution is 9.08. The van der Waals surface area contributed by atoms with Crippen LogP contribution in [-0.2, 0) is 15.1 Å². The fourth-order valence-corrected chi connectivity index (χ4v) is 3.73. The van der Waals surface area contributed by atoms with Gasteiger partial charge in [0, 0.05) is 19.1 Å². The van der Waals surface area contributed by atoms with Crippen molar-refractivity contribution in [1.82, 2.24) is 0 Å². The van der Waals surface area contributed by atoms with Crippen molar-refractivity contribution in [3.8, 4) is 5.75 Å². The Hall–Kier alpha value is -2.61. The molecule has 186 valence electrons. The number of hydrogen-bond acceptors (Lipinski definition) is 5. The van der Waals surface area contributed by atoms with Crippen molar-refractivity contribution in [3.63, 3.8) is 0 Å². The van der Waals surface area contributed by atoms with Crippen LogP contribution in [0.3, 0.4) is 0 Å². The van der Waals surface area contributed by atoms with E-state index < -0.39 is 20.7 Å². The molecule has 5 nitrogen and oxygen atoms in total. The number of ether oxygens (including phenoxy) is 1. The standard InChI is InChI=1S/C14H10O4.C13H20BrClOSi/c15-13(11-7-3-1-4-8-11)17-18-14(16)12-9-5-2-6-10-12;1-13(2,17(3)4)9-16-11-5-6-12(15)10(7-11)8-14/h1-10H;5-7,17H,8-9H2,1-4H3. The fraction of sp³-hybridized carbons (Fsp3) is 0.259. The summed E-state index contributed by atoms with van der Waals surface area (Å²) in [6.45, 7) is 10.1. The zero-order chi connectivity index (χ0) is 25.8. The molecular formula is C27H30BrClO5Si. The Bertz CT molecular complexity index is 1040. The van der Waals surface area contributed by atoms with Crippen LogP contribution in [-0.4, -0.2) is 27.3 Å². The molecule has 0 N–H and O–H groups in total. The smallest absolute Gasteiger partial charge is 0.386 e. The van der Waals surface area contributed by atoms with Gasteiger partial charge in [-0.1, -0.05) is 90.9 Å². The Labute approximate surface area is 222 Å². The van der Waals surface area contributed by atoms with Crippen LogP contribution in [0.5, 0.6) is 5.75 Å². The summed E-state index contributed by atoms with van der Waals surface area (Å²) in [5.41, 5.74) is 1.71. The molecule has 3 aromatic rings. The lowest BCUT2D eigenvalue weighted by Gasteiger charge is -2.28. The van der Waals surface area contributed by atoms with Gasteiger partial charge in [0.2, 0.25) is 0 Å². The lowest BCUT2D eigenvalue weighted by atomic mass is 10.2. The van der Waals surface area contributed by atoms with Crippen LogP contribution in [0.15, 0.2) is 78.9 Å². The van der Waals surface area contributed by atoms with Crippen LogP contribution >= 0.6 is 27.5 Å². The SMILES string of the molecule is C[SiH](C)C(C)(C)COc1ccc(Cl)c(CBr)c1.O=C(OOC(=O)c1ccccc1)c1ccccc1. The van der Waals surface area contributed by atoms with Gasteiger partial charge in [-0.05, 0) is 53.1 Å². The van der Waals surface area contributed by atoms with Gasteiger partial charge in [0.1, 0.15) is 5.75 Å². The highest BCUT2D eigenvalue weighted by atomic mass is 79.9. The monoisotopic (exact) mass is 576 g/mol. The number of halogens is 2. The van der Waals surface area contributed by atoms with Crippen molar-refractivity contribution in [1.29, 1.82) is 0 Å². The second-order valence-corrected chi connectivity index (χ2v) is 13.6. The van der Waals surface area contributed by atoms with E-state index >= 15 is 0 Å². The summed E-state index contributed by atoms with van der Waals surface area (Å²) in [7, 11) is -0.711. The highest BCUT2D eigenvalue weighted by Gasteiger charge is 2.24. The summed E-state index contributed by atoms with van der Waals surface area (Å²) in [6, 6.07) is 22.4.